The van der Waals surface area contributed by atoms with Gasteiger partial charge in [-0.25, -0.2) is 0 Å². The van der Waals surface area contributed by atoms with Gasteiger partial charge in [-0.3, -0.25) is 0 Å². The van der Waals surface area contributed by atoms with Gasteiger partial charge < -0.3 is 15.0 Å². The van der Waals surface area contributed by atoms with E-state index >= 15 is 0 Å². The SMILES string of the molecule is CC(C)CNCc1cc(Cl)ccc1N1CCOCC1C. The average Bonchev–Trinajstić information content (AvgIpc) is 2.40. The number of nitrogens with zero attached hydrogens (tertiary/aromatic N) is 1. The molecule has 0 bridgehead atoms. The summed E-state index contributed by atoms with van der Waals surface area (Å²) in [6, 6.07) is 6.60. The lowest BCUT2D eigenvalue weighted by atomic mass is 10.1. The van der Waals surface area contributed by atoms with Crippen LogP contribution in [0.15, 0.2) is 18.2 Å². The first kappa shape index (κ1) is 15.6. The molecule has 1 aromatic carbocycles. The average molecular weight is 297 g/mol. The van der Waals surface area contributed by atoms with E-state index in [4.69, 9.17) is 16.3 Å². The van der Waals surface area contributed by atoms with Crippen molar-refractivity contribution in [3.05, 3.63) is 28.8 Å². The van der Waals surface area contributed by atoms with Gasteiger partial charge in [-0.05, 0) is 43.1 Å². The fraction of sp³-hybridized carbons (Fsp3) is 0.625. The maximum atomic E-state index is 6.16. The molecule has 112 valence electrons. The molecule has 0 saturated carbocycles. The summed E-state index contributed by atoms with van der Waals surface area (Å²) < 4.78 is 5.53. The third-order valence-corrected chi connectivity index (χ3v) is 3.82. The van der Waals surface area contributed by atoms with Crippen LogP contribution in [0.4, 0.5) is 5.69 Å². The smallest absolute Gasteiger partial charge is 0.0668 e. The number of morpholine rings is 1. The van der Waals surface area contributed by atoms with Gasteiger partial charge >= 0.3 is 0 Å². The minimum atomic E-state index is 0.411. The highest BCUT2D eigenvalue weighted by molar-refractivity contribution is 6.30. The maximum absolute atomic E-state index is 6.16. The van der Waals surface area contributed by atoms with Crippen LogP contribution in [0.5, 0.6) is 0 Å². The van der Waals surface area contributed by atoms with E-state index in [1.807, 2.05) is 6.07 Å². The minimum Gasteiger partial charge on any atom is -0.377 e. The topological polar surface area (TPSA) is 24.5 Å². The Kier molecular flexibility index (Phi) is 5.70. The number of rotatable bonds is 5. The molecule has 0 radical (unpaired) electrons. The standard InChI is InChI=1S/C16H25ClN2O/c1-12(2)9-18-10-14-8-15(17)4-5-16(14)19-6-7-20-11-13(19)3/h4-5,8,12-13,18H,6-7,9-11H2,1-3H3. The Labute approximate surface area is 127 Å². The third kappa shape index (κ3) is 4.11. The molecule has 4 heteroatoms. The van der Waals surface area contributed by atoms with Crippen molar-refractivity contribution in [1.29, 1.82) is 0 Å². The van der Waals surface area contributed by atoms with Crippen LogP contribution in [0.25, 0.3) is 0 Å². The molecule has 1 aromatic rings. The molecule has 20 heavy (non-hydrogen) atoms. The molecule has 1 atom stereocenters. The summed E-state index contributed by atoms with van der Waals surface area (Å²) >= 11 is 6.16. The molecule has 1 aliphatic rings. The Balaban J connectivity index is 2.14. The van der Waals surface area contributed by atoms with Crippen molar-refractivity contribution in [3.63, 3.8) is 0 Å². The molecule has 0 spiro atoms. The second-order valence-electron chi connectivity index (χ2n) is 5.92. The zero-order valence-corrected chi connectivity index (χ0v) is 13.4. The van der Waals surface area contributed by atoms with E-state index in [1.165, 1.54) is 11.3 Å². The molecule has 1 aliphatic heterocycles. The number of ether oxygens (including phenoxy) is 1. The zero-order chi connectivity index (χ0) is 14.5. The monoisotopic (exact) mass is 296 g/mol. The molecule has 1 N–H and O–H groups in total. The summed E-state index contributed by atoms with van der Waals surface area (Å²) in [7, 11) is 0. The molecule has 1 saturated heterocycles. The van der Waals surface area contributed by atoms with Crippen LogP contribution in [0.1, 0.15) is 26.3 Å². The number of anilines is 1. The first-order valence-corrected chi connectivity index (χ1v) is 7.79. The minimum absolute atomic E-state index is 0.411. The van der Waals surface area contributed by atoms with Crippen molar-refractivity contribution in [1.82, 2.24) is 5.32 Å². The fourth-order valence-electron chi connectivity index (χ4n) is 2.56. The Morgan fingerprint density at radius 3 is 2.95 bits per heavy atom. The summed E-state index contributed by atoms with van der Waals surface area (Å²) in [5.41, 5.74) is 2.55. The molecule has 0 amide bonds. The van der Waals surface area contributed by atoms with Crippen LogP contribution < -0.4 is 10.2 Å². The van der Waals surface area contributed by atoms with E-state index in [0.29, 0.717) is 12.0 Å². The van der Waals surface area contributed by atoms with Gasteiger partial charge in [0.05, 0.1) is 13.2 Å². The first-order valence-electron chi connectivity index (χ1n) is 7.41. The normalized spacial score (nSPS) is 19.6. The van der Waals surface area contributed by atoms with E-state index < -0.39 is 0 Å². The van der Waals surface area contributed by atoms with Gasteiger partial charge in [-0.1, -0.05) is 25.4 Å². The lowest BCUT2D eigenvalue weighted by Gasteiger charge is -2.36. The van der Waals surface area contributed by atoms with Crippen LogP contribution in [0.3, 0.4) is 0 Å². The van der Waals surface area contributed by atoms with Gasteiger partial charge in [-0.2, -0.15) is 0 Å². The zero-order valence-electron chi connectivity index (χ0n) is 12.7. The fourth-order valence-corrected chi connectivity index (χ4v) is 2.75. The highest BCUT2D eigenvalue weighted by Gasteiger charge is 2.21. The molecule has 1 heterocycles. The van der Waals surface area contributed by atoms with E-state index in [9.17, 15) is 0 Å². The van der Waals surface area contributed by atoms with Crippen molar-refractivity contribution in [2.24, 2.45) is 5.92 Å². The Morgan fingerprint density at radius 2 is 2.25 bits per heavy atom. The van der Waals surface area contributed by atoms with Crippen LogP contribution in [0, 0.1) is 5.92 Å². The number of nitrogens with one attached hydrogen (secondary N) is 1. The van der Waals surface area contributed by atoms with Gasteiger partial charge in [0.15, 0.2) is 0 Å². The highest BCUT2D eigenvalue weighted by atomic mass is 35.5. The molecule has 0 aromatic heterocycles. The van der Waals surface area contributed by atoms with Crippen molar-refractivity contribution in [2.75, 3.05) is 31.2 Å². The first-order chi connectivity index (χ1) is 9.58. The van der Waals surface area contributed by atoms with E-state index in [-0.39, 0.29) is 0 Å². The third-order valence-electron chi connectivity index (χ3n) is 3.59. The van der Waals surface area contributed by atoms with Crippen LogP contribution >= 0.6 is 11.6 Å². The molecule has 0 aliphatic carbocycles. The summed E-state index contributed by atoms with van der Waals surface area (Å²) in [6.07, 6.45) is 0. The van der Waals surface area contributed by atoms with Crippen molar-refractivity contribution < 1.29 is 4.74 Å². The van der Waals surface area contributed by atoms with Crippen LogP contribution in [-0.4, -0.2) is 32.3 Å². The Bertz CT molecular complexity index is 436. The van der Waals surface area contributed by atoms with Gasteiger partial charge in [0.2, 0.25) is 0 Å². The lowest BCUT2D eigenvalue weighted by molar-refractivity contribution is 0.0988. The van der Waals surface area contributed by atoms with E-state index in [0.717, 1.165) is 37.9 Å². The van der Waals surface area contributed by atoms with Gasteiger partial charge in [-0.15, -0.1) is 0 Å². The number of benzene rings is 1. The molecule has 1 fully saturated rings. The van der Waals surface area contributed by atoms with Crippen molar-refractivity contribution in [2.45, 2.75) is 33.4 Å². The van der Waals surface area contributed by atoms with Gasteiger partial charge in [0.25, 0.3) is 0 Å². The summed E-state index contributed by atoms with van der Waals surface area (Å²) in [5.74, 6) is 0.653. The molecular weight excluding hydrogens is 272 g/mol. The van der Waals surface area contributed by atoms with Crippen molar-refractivity contribution >= 4 is 17.3 Å². The second kappa shape index (κ2) is 7.30. The van der Waals surface area contributed by atoms with Crippen LogP contribution in [0.2, 0.25) is 5.02 Å². The molecule has 3 nitrogen and oxygen atoms in total. The highest BCUT2D eigenvalue weighted by Crippen LogP contribution is 2.27. The lowest BCUT2D eigenvalue weighted by Crippen LogP contribution is -2.44. The number of hydrogen-bond donors (Lipinski definition) is 1. The predicted molar refractivity (Wildman–Crippen MR) is 85.6 cm³/mol. The quantitative estimate of drug-likeness (QED) is 0.902. The maximum Gasteiger partial charge on any atom is 0.0668 e. The number of halogens is 1. The Morgan fingerprint density at radius 1 is 1.45 bits per heavy atom. The molecule has 2 rings (SSSR count). The predicted octanol–water partition coefficient (Wildman–Crippen LogP) is 3.31. The van der Waals surface area contributed by atoms with Gasteiger partial charge in [0, 0.05) is 29.8 Å². The summed E-state index contributed by atoms with van der Waals surface area (Å²) in [4.78, 5) is 2.42. The molecule has 1 unspecified atom stereocenters. The summed E-state index contributed by atoms with van der Waals surface area (Å²) in [5, 5.41) is 4.31. The van der Waals surface area contributed by atoms with Crippen molar-refractivity contribution in [3.8, 4) is 0 Å². The number of hydrogen-bond acceptors (Lipinski definition) is 3. The van der Waals surface area contributed by atoms with Crippen LogP contribution in [-0.2, 0) is 11.3 Å². The van der Waals surface area contributed by atoms with E-state index in [2.05, 4.69) is 43.1 Å². The van der Waals surface area contributed by atoms with Gasteiger partial charge in [0.1, 0.15) is 0 Å². The second-order valence-corrected chi connectivity index (χ2v) is 6.35. The molecular formula is C16H25ClN2O. The summed E-state index contributed by atoms with van der Waals surface area (Å²) in [6.45, 7) is 11.1. The van der Waals surface area contributed by atoms with E-state index in [1.54, 1.807) is 0 Å². The largest absolute Gasteiger partial charge is 0.377 e. The Hall–Kier alpha value is -0.770.